The highest BCUT2D eigenvalue weighted by atomic mass is 127. The molecule has 2 bridgehead atoms. The first-order valence-corrected chi connectivity index (χ1v) is 11.7. The van der Waals surface area contributed by atoms with Gasteiger partial charge in [0.2, 0.25) is 11.8 Å². The summed E-state index contributed by atoms with van der Waals surface area (Å²) in [4.78, 5) is 31.2. The van der Waals surface area contributed by atoms with Crippen molar-refractivity contribution in [1.82, 2.24) is 25.3 Å². The Balaban J connectivity index is 0.00000245. The third kappa shape index (κ3) is 4.32. The molecule has 32 heavy (non-hydrogen) atoms. The number of nitrogens with one attached hydrogen (secondary N) is 2. The van der Waals surface area contributed by atoms with Crippen molar-refractivity contribution in [2.45, 2.75) is 51.1 Å². The summed E-state index contributed by atoms with van der Waals surface area (Å²) in [6.45, 7) is 1.73. The molecule has 0 spiro atoms. The average Bonchev–Trinajstić information content (AvgIpc) is 3.59. The molecule has 4 aliphatic rings. The quantitative estimate of drug-likeness (QED) is 0.136. The lowest BCUT2D eigenvalue weighted by molar-refractivity contribution is -0.140. The van der Waals surface area contributed by atoms with E-state index in [9.17, 15) is 9.59 Å². The zero-order chi connectivity index (χ0) is 21.4. The number of allylic oxidation sites excluding steroid dienone is 2. The minimum Gasteiger partial charge on any atom is -0.356 e. The van der Waals surface area contributed by atoms with Gasteiger partial charge in [0.25, 0.3) is 0 Å². The Hall–Kier alpha value is -1.91. The first-order valence-electron chi connectivity index (χ1n) is 11.7. The number of imide groups is 1. The van der Waals surface area contributed by atoms with Crippen molar-refractivity contribution >= 4 is 41.8 Å². The van der Waals surface area contributed by atoms with Crippen molar-refractivity contribution < 1.29 is 9.59 Å². The first-order chi connectivity index (χ1) is 15.2. The summed E-state index contributed by atoms with van der Waals surface area (Å²) in [5.74, 6) is 1.11. The molecule has 9 heteroatoms. The predicted octanol–water partition coefficient (Wildman–Crippen LogP) is 2.48. The second-order valence-electron chi connectivity index (χ2n) is 9.26. The number of nitrogens with zero attached hydrogens (tertiary/aromatic N) is 4. The molecule has 4 unspecified atom stereocenters. The highest BCUT2D eigenvalue weighted by Gasteiger charge is 2.58. The van der Waals surface area contributed by atoms with Gasteiger partial charge >= 0.3 is 0 Å². The summed E-state index contributed by atoms with van der Waals surface area (Å²) in [6.07, 6.45) is 13.1. The van der Waals surface area contributed by atoms with Crippen molar-refractivity contribution in [2.24, 2.45) is 28.7 Å². The summed E-state index contributed by atoms with van der Waals surface area (Å²) in [6, 6.07) is 2.61. The van der Waals surface area contributed by atoms with Crippen LogP contribution in [0.3, 0.4) is 0 Å². The Bertz CT molecular complexity index is 876. The largest absolute Gasteiger partial charge is 0.356 e. The number of aliphatic imine (C=N–C) groups is 1. The lowest BCUT2D eigenvalue weighted by Crippen LogP contribution is -2.39. The molecular weight excluding hydrogens is 519 g/mol. The van der Waals surface area contributed by atoms with Crippen LogP contribution in [0.5, 0.6) is 0 Å². The predicted molar refractivity (Wildman–Crippen MR) is 132 cm³/mol. The molecule has 3 aliphatic carbocycles. The van der Waals surface area contributed by atoms with Gasteiger partial charge in [-0.15, -0.1) is 24.0 Å². The number of likely N-dealkylation sites (tertiary alicyclic amines) is 1. The zero-order valence-electron chi connectivity index (χ0n) is 18.6. The van der Waals surface area contributed by atoms with E-state index in [0.29, 0.717) is 38.1 Å². The molecule has 0 radical (unpaired) electrons. The molecule has 5 rings (SSSR count). The maximum Gasteiger partial charge on any atom is 0.233 e. The highest BCUT2D eigenvalue weighted by molar-refractivity contribution is 14.0. The Morgan fingerprint density at radius 2 is 1.81 bits per heavy atom. The zero-order valence-corrected chi connectivity index (χ0v) is 20.9. The van der Waals surface area contributed by atoms with Crippen molar-refractivity contribution in [3.63, 3.8) is 0 Å². The molecule has 8 nitrogen and oxygen atoms in total. The van der Waals surface area contributed by atoms with Gasteiger partial charge in [0, 0.05) is 26.3 Å². The van der Waals surface area contributed by atoms with E-state index < -0.39 is 0 Å². The van der Waals surface area contributed by atoms with E-state index in [-0.39, 0.29) is 59.5 Å². The van der Waals surface area contributed by atoms with Crippen LogP contribution in [0, 0.1) is 23.7 Å². The molecular formula is C23H33IN6O2. The average molecular weight is 552 g/mol. The van der Waals surface area contributed by atoms with Crippen LogP contribution >= 0.6 is 24.0 Å². The smallest absolute Gasteiger partial charge is 0.233 e. The monoisotopic (exact) mass is 552 g/mol. The third-order valence-corrected chi connectivity index (χ3v) is 7.44. The van der Waals surface area contributed by atoms with Gasteiger partial charge < -0.3 is 10.6 Å². The molecule has 0 aromatic carbocycles. The molecule has 3 fully saturated rings. The van der Waals surface area contributed by atoms with Crippen LogP contribution in [-0.4, -0.2) is 52.6 Å². The Morgan fingerprint density at radius 3 is 2.47 bits per heavy atom. The molecule has 4 atom stereocenters. The minimum absolute atomic E-state index is 0. The Labute approximate surface area is 206 Å². The van der Waals surface area contributed by atoms with E-state index >= 15 is 0 Å². The second-order valence-corrected chi connectivity index (χ2v) is 9.26. The van der Waals surface area contributed by atoms with Crippen molar-refractivity contribution in [3.8, 4) is 0 Å². The summed E-state index contributed by atoms with van der Waals surface area (Å²) >= 11 is 0. The lowest BCUT2D eigenvalue weighted by atomic mass is 9.85. The van der Waals surface area contributed by atoms with Crippen molar-refractivity contribution in [1.29, 1.82) is 0 Å². The van der Waals surface area contributed by atoms with Crippen LogP contribution in [0.25, 0.3) is 0 Å². The standard InChI is InChI=1S/C23H32N6O2.HI/c1-24-23(26-14-17-9-12-29(27-17)18-5-2-3-6-18)25-10-4-11-28-21(30)19-15-7-8-16(13-15)20(19)22(28)31;/h7-9,12,15-16,18-20H,2-6,10-11,13-14H2,1H3,(H2,24,25,26);1H. The topological polar surface area (TPSA) is 91.6 Å². The van der Waals surface area contributed by atoms with Gasteiger partial charge in [-0.05, 0) is 43.6 Å². The van der Waals surface area contributed by atoms with Crippen LogP contribution in [0.1, 0.15) is 50.3 Å². The summed E-state index contributed by atoms with van der Waals surface area (Å²) in [5.41, 5.74) is 0.998. The Morgan fingerprint density at radius 1 is 1.12 bits per heavy atom. The van der Waals surface area contributed by atoms with Gasteiger partial charge in [-0.1, -0.05) is 25.0 Å². The number of aromatic nitrogens is 2. The molecule has 2 amide bonds. The number of hydrogen-bond donors (Lipinski definition) is 2. The van der Waals surface area contributed by atoms with Crippen LogP contribution < -0.4 is 10.6 Å². The van der Waals surface area contributed by atoms with E-state index in [2.05, 4.69) is 44.7 Å². The summed E-state index contributed by atoms with van der Waals surface area (Å²) in [5, 5.41) is 11.3. The second kappa shape index (κ2) is 9.93. The molecule has 1 saturated heterocycles. The van der Waals surface area contributed by atoms with Gasteiger partial charge in [0.1, 0.15) is 0 Å². The molecule has 174 valence electrons. The fraction of sp³-hybridized carbons (Fsp3) is 0.652. The van der Waals surface area contributed by atoms with E-state index in [4.69, 9.17) is 5.10 Å². The van der Waals surface area contributed by atoms with E-state index in [1.807, 2.05) is 0 Å². The molecule has 2 saturated carbocycles. The lowest BCUT2D eigenvalue weighted by Gasteiger charge is -2.18. The number of carbonyl (C=O) groups is 2. The van der Waals surface area contributed by atoms with Gasteiger partial charge in [0.15, 0.2) is 5.96 Å². The number of hydrogen-bond acceptors (Lipinski definition) is 4. The molecule has 1 aliphatic heterocycles. The number of fused-ring (bicyclic) bond motifs is 5. The number of rotatable bonds is 7. The number of carbonyl (C=O) groups excluding carboxylic acids is 2. The van der Waals surface area contributed by atoms with Crippen LogP contribution in [-0.2, 0) is 16.1 Å². The van der Waals surface area contributed by atoms with Crippen molar-refractivity contribution in [3.05, 3.63) is 30.1 Å². The molecule has 1 aromatic rings. The SMILES string of the molecule is CN=C(NCCCN1C(=O)C2C3C=CC(C3)C2C1=O)NCc1ccn(C2CCCC2)n1.I. The van der Waals surface area contributed by atoms with Crippen LogP contribution in [0.2, 0.25) is 0 Å². The van der Waals surface area contributed by atoms with Crippen molar-refractivity contribution in [2.75, 3.05) is 20.1 Å². The third-order valence-electron chi connectivity index (χ3n) is 7.44. The van der Waals surface area contributed by atoms with Crippen LogP contribution in [0.15, 0.2) is 29.4 Å². The number of amides is 2. The normalized spacial score (nSPS) is 29.0. The molecule has 1 aromatic heterocycles. The maximum atomic E-state index is 12.7. The van der Waals surface area contributed by atoms with Gasteiger partial charge in [-0.3, -0.25) is 24.2 Å². The van der Waals surface area contributed by atoms with Gasteiger partial charge in [-0.25, -0.2) is 0 Å². The highest BCUT2D eigenvalue weighted by Crippen LogP contribution is 2.52. The molecule has 2 N–H and O–H groups in total. The maximum absolute atomic E-state index is 12.7. The summed E-state index contributed by atoms with van der Waals surface area (Å²) < 4.78 is 2.10. The number of halogens is 1. The minimum atomic E-state index is -0.103. The van der Waals surface area contributed by atoms with Crippen LogP contribution in [0.4, 0.5) is 0 Å². The molecule has 2 heterocycles. The van der Waals surface area contributed by atoms with E-state index in [1.54, 1.807) is 7.05 Å². The van der Waals surface area contributed by atoms with E-state index in [1.165, 1.54) is 30.6 Å². The number of guanidine groups is 1. The van der Waals surface area contributed by atoms with E-state index in [0.717, 1.165) is 12.1 Å². The Kier molecular flexibility index (Phi) is 7.21. The van der Waals surface area contributed by atoms with Gasteiger partial charge in [-0.2, -0.15) is 5.10 Å². The fourth-order valence-corrected chi connectivity index (χ4v) is 5.87. The summed E-state index contributed by atoms with van der Waals surface area (Å²) in [7, 11) is 1.74. The fourth-order valence-electron chi connectivity index (χ4n) is 5.87. The first kappa shape index (κ1) is 23.3. The van der Waals surface area contributed by atoms with Gasteiger partial charge in [0.05, 0.1) is 30.1 Å².